The van der Waals surface area contributed by atoms with Gasteiger partial charge in [-0.25, -0.2) is 19.2 Å². The van der Waals surface area contributed by atoms with Gasteiger partial charge in [0.15, 0.2) is 12.2 Å². The van der Waals surface area contributed by atoms with E-state index in [9.17, 15) is 19.2 Å². The van der Waals surface area contributed by atoms with Gasteiger partial charge in [-0.15, -0.1) is 0 Å². The Morgan fingerprint density at radius 1 is 0.633 bits per heavy atom. The fourth-order valence-corrected chi connectivity index (χ4v) is 3.55. The lowest BCUT2D eigenvalue weighted by atomic mass is 9.98. The zero-order chi connectivity index (χ0) is 21.9. The summed E-state index contributed by atoms with van der Waals surface area (Å²) in [6, 6.07) is 0. The Bertz CT molecular complexity index is 575. The summed E-state index contributed by atoms with van der Waals surface area (Å²) in [5, 5.41) is 0. The number of hydrogen-bond acceptors (Lipinski definition) is 8. The highest BCUT2D eigenvalue weighted by Gasteiger charge is 2.25. The first-order chi connectivity index (χ1) is 14.3. The van der Waals surface area contributed by atoms with Crippen LogP contribution in [0.3, 0.4) is 0 Å². The summed E-state index contributed by atoms with van der Waals surface area (Å²) >= 11 is 0. The van der Waals surface area contributed by atoms with Gasteiger partial charge in [0.25, 0.3) is 0 Å². The minimum absolute atomic E-state index is 0.132. The fraction of sp³-hybridized carbons (Fsp3) is 0.727. The summed E-state index contributed by atoms with van der Waals surface area (Å²) in [6.07, 6.45) is 8.90. The fourth-order valence-electron chi connectivity index (χ4n) is 3.55. The number of ether oxygens (including phenoxy) is 4. The summed E-state index contributed by atoms with van der Waals surface area (Å²) in [6.45, 7) is 2.83. The zero-order valence-electron chi connectivity index (χ0n) is 17.8. The van der Waals surface area contributed by atoms with Gasteiger partial charge in [-0.3, -0.25) is 0 Å². The van der Waals surface area contributed by atoms with Crippen LogP contribution in [0.4, 0.5) is 0 Å². The van der Waals surface area contributed by atoms with Gasteiger partial charge in [0.05, 0.1) is 0 Å². The molecule has 0 amide bonds. The summed E-state index contributed by atoms with van der Waals surface area (Å²) in [5.41, 5.74) is 0. The summed E-state index contributed by atoms with van der Waals surface area (Å²) < 4.78 is 20.6. The highest BCUT2D eigenvalue weighted by molar-refractivity contribution is 5.93. The minimum atomic E-state index is -1.08. The van der Waals surface area contributed by atoms with Gasteiger partial charge in [0.2, 0.25) is 0 Å². The normalized spacial score (nSPS) is 20.2. The molecule has 0 N–H and O–H groups in total. The van der Waals surface area contributed by atoms with E-state index in [0.29, 0.717) is 0 Å². The minimum Gasteiger partial charge on any atom is -0.460 e. The predicted octanol–water partition coefficient (Wildman–Crippen LogP) is 3.16. The summed E-state index contributed by atoms with van der Waals surface area (Å²) in [7, 11) is 0. The van der Waals surface area contributed by atoms with Crippen molar-refractivity contribution >= 4 is 23.9 Å². The molecule has 2 unspecified atom stereocenters. The zero-order valence-corrected chi connectivity index (χ0v) is 17.8. The third kappa shape index (κ3) is 8.55. The molecular formula is C22H32O8. The van der Waals surface area contributed by atoms with Gasteiger partial charge in [-0.05, 0) is 65.2 Å². The number of esters is 4. The van der Waals surface area contributed by atoms with E-state index in [1.165, 1.54) is 13.8 Å². The molecule has 0 spiro atoms. The van der Waals surface area contributed by atoms with Crippen LogP contribution in [0, 0.1) is 0 Å². The second kappa shape index (κ2) is 12.3. The predicted molar refractivity (Wildman–Crippen MR) is 106 cm³/mol. The number of rotatable bonds is 8. The third-order valence-corrected chi connectivity index (χ3v) is 5.28. The molecule has 2 atom stereocenters. The van der Waals surface area contributed by atoms with Crippen LogP contribution >= 0.6 is 0 Å². The maximum absolute atomic E-state index is 12.0. The molecule has 2 fully saturated rings. The Kier molecular flexibility index (Phi) is 9.83. The first-order valence-electron chi connectivity index (χ1n) is 10.9. The smallest absolute Gasteiger partial charge is 0.347 e. The third-order valence-electron chi connectivity index (χ3n) is 5.28. The largest absolute Gasteiger partial charge is 0.460 e. The Balaban J connectivity index is 1.68. The molecule has 2 aliphatic rings. The molecular weight excluding hydrogens is 392 g/mol. The van der Waals surface area contributed by atoms with E-state index in [0.717, 1.165) is 76.4 Å². The van der Waals surface area contributed by atoms with Gasteiger partial charge in [-0.1, -0.05) is 12.8 Å². The molecule has 8 heteroatoms. The van der Waals surface area contributed by atoms with Crippen molar-refractivity contribution in [3.63, 3.8) is 0 Å². The summed E-state index contributed by atoms with van der Waals surface area (Å²) in [4.78, 5) is 47.6. The molecule has 2 rings (SSSR count). The molecule has 0 saturated heterocycles. The molecule has 8 nitrogen and oxygen atoms in total. The van der Waals surface area contributed by atoms with Crippen LogP contribution in [-0.4, -0.2) is 48.3 Å². The molecule has 0 radical (unpaired) electrons. The second-order valence-electron chi connectivity index (χ2n) is 7.89. The van der Waals surface area contributed by atoms with Crippen molar-refractivity contribution in [3.05, 3.63) is 12.2 Å². The molecule has 0 aliphatic heterocycles. The monoisotopic (exact) mass is 424 g/mol. The van der Waals surface area contributed by atoms with Crippen LogP contribution in [0.25, 0.3) is 0 Å². The number of hydrogen-bond donors (Lipinski definition) is 0. The van der Waals surface area contributed by atoms with Crippen molar-refractivity contribution < 1.29 is 38.1 Å². The van der Waals surface area contributed by atoms with Gasteiger partial charge < -0.3 is 18.9 Å². The lowest BCUT2D eigenvalue weighted by Crippen LogP contribution is -2.31. The molecule has 0 aromatic carbocycles. The van der Waals surface area contributed by atoms with E-state index in [1.807, 2.05) is 0 Å². The van der Waals surface area contributed by atoms with E-state index in [4.69, 9.17) is 18.9 Å². The van der Waals surface area contributed by atoms with Crippen molar-refractivity contribution in [1.82, 2.24) is 0 Å². The molecule has 2 saturated carbocycles. The first-order valence-corrected chi connectivity index (χ1v) is 10.9. The van der Waals surface area contributed by atoms with Crippen molar-refractivity contribution in [2.45, 2.75) is 102 Å². The molecule has 30 heavy (non-hydrogen) atoms. The van der Waals surface area contributed by atoms with E-state index in [-0.39, 0.29) is 12.2 Å². The average molecular weight is 424 g/mol. The Morgan fingerprint density at radius 3 is 1.30 bits per heavy atom. The lowest BCUT2D eigenvalue weighted by Gasteiger charge is -2.23. The van der Waals surface area contributed by atoms with Crippen molar-refractivity contribution in [2.75, 3.05) is 0 Å². The number of carbonyl (C=O) groups excluding carboxylic acids is 4. The van der Waals surface area contributed by atoms with Crippen LogP contribution in [0.1, 0.15) is 78.1 Å². The molecule has 0 aromatic heterocycles. The Hall–Kier alpha value is -2.38. The Morgan fingerprint density at radius 2 is 0.967 bits per heavy atom. The van der Waals surface area contributed by atoms with Gasteiger partial charge in [0, 0.05) is 12.2 Å². The first kappa shape index (κ1) is 23.9. The Labute approximate surface area is 177 Å². The molecule has 168 valence electrons. The van der Waals surface area contributed by atoms with E-state index in [1.54, 1.807) is 0 Å². The van der Waals surface area contributed by atoms with Gasteiger partial charge in [-0.2, -0.15) is 0 Å². The van der Waals surface area contributed by atoms with Gasteiger partial charge in [0.1, 0.15) is 12.2 Å². The topological polar surface area (TPSA) is 105 Å². The molecule has 0 bridgehead atoms. The van der Waals surface area contributed by atoms with E-state index in [2.05, 4.69) is 0 Å². The average Bonchev–Trinajstić information content (AvgIpc) is 2.73. The highest BCUT2D eigenvalue weighted by Crippen LogP contribution is 2.21. The standard InChI is InChI=1S/C22H32O8/c1-15(21(25)29-17-9-5-3-6-10-17)27-19(23)13-14-20(24)28-16(2)22(26)30-18-11-7-4-8-12-18/h13-18H,3-12H2,1-2H3/b14-13+. The lowest BCUT2D eigenvalue weighted by molar-refractivity contribution is -0.169. The summed E-state index contributed by atoms with van der Waals surface area (Å²) in [5.74, 6) is -2.97. The number of carbonyl (C=O) groups is 4. The second-order valence-corrected chi connectivity index (χ2v) is 7.89. The van der Waals surface area contributed by atoms with E-state index < -0.39 is 36.1 Å². The molecule has 2 aliphatic carbocycles. The highest BCUT2D eigenvalue weighted by atomic mass is 16.6. The van der Waals surface area contributed by atoms with Crippen molar-refractivity contribution in [2.24, 2.45) is 0 Å². The van der Waals surface area contributed by atoms with Crippen LogP contribution in [0.15, 0.2) is 12.2 Å². The van der Waals surface area contributed by atoms with Crippen molar-refractivity contribution in [1.29, 1.82) is 0 Å². The molecule has 0 heterocycles. The van der Waals surface area contributed by atoms with Crippen LogP contribution in [0.5, 0.6) is 0 Å². The molecule has 0 aromatic rings. The SMILES string of the molecule is CC(OC(=O)/C=C/C(=O)OC(C)C(=O)OC1CCCCC1)C(=O)OC1CCCCC1. The van der Waals surface area contributed by atoms with E-state index >= 15 is 0 Å². The van der Waals surface area contributed by atoms with Crippen molar-refractivity contribution in [3.8, 4) is 0 Å². The quantitative estimate of drug-likeness (QED) is 0.332. The maximum Gasteiger partial charge on any atom is 0.347 e. The van der Waals surface area contributed by atoms with Crippen LogP contribution < -0.4 is 0 Å². The van der Waals surface area contributed by atoms with Crippen LogP contribution in [-0.2, 0) is 38.1 Å². The van der Waals surface area contributed by atoms with Gasteiger partial charge >= 0.3 is 23.9 Å². The van der Waals surface area contributed by atoms with Crippen LogP contribution in [0.2, 0.25) is 0 Å². The maximum atomic E-state index is 12.0.